The number of thioether (sulfide) groups is 1. The van der Waals surface area contributed by atoms with Crippen molar-refractivity contribution >= 4 is 17.7 Å². The zero-order chi connectivity index (χ0) is 14.7. The van der Waals surface area contributed by atoms with Gasteiger partial charge in [-0.25, -0.2) is 4.68 Å². The van der Waals surface area contributed by atoms with Gasteiger partial charge in [0.15, 0.2) is 5.82 Å². The van der Waals surface area contributed by atoms with Gasteiger partial charge in [-0.1, -0.05) is 12.1 Å². The van der Waals surface area contributed by atoms with Crippen molar-refractivity contribution in [2.75, 3.05) is 24.6 Å². The number of aryl methyl sites for hydroxylation is 1. The number of hydrogen-bond donors (Lipinski definition) is 0. The number of carbonyl (C=O) groups is 1. The molecule has 0 atom stereocenters. The third-order valence-corrected chi connectivity index (χ3v) is 4.44. The summed E-state index contributed by atoms with van der Waals surface area (Å²) in [7, 11) is 0. The van der Waals surface area contributed by atoms with E-state index in [-0.39, 0.29) is 5.91 Å². The maximum absolute atomic E-state index is 12.5. The SMILES string of the molecule is CCn1nnnc1-c1cccc(C(=O)N2CCSCC2)c1. The average molecular weight is 303 g/mol. The van der Waals surface area contributed by atoms with Crippen LogP contribution < -0.4 is 0 Å². The molecule has 110 valence electrons. The summed E-state index contributed by atoms with van der Waals surface area (Å²) in [6, 6.07) is 7.55. The fourth-order valence-corrected chi connectivity index (χ4v) is 3.27. The van der Waals surface area contributed by atoms with Gasteiger partial charge in [0.05, 0.1) is 0 Å². The first-order valence-corrected chi connectivity index (χ1v) is 8.18. The van der Waals surface area contributed by atoms with Gasteiger partial charge in [0.2, 0.25) is 0 Å². The van der Waals surface area contributed by atoms with E-state index >= 15 is 0 Å². The largest absolute Gasteiger partial charge is 0.337 e. The molecule has 0 radical (unpaired) electrons. The predicted octanol–water partition coefficient (Wildman–Crippen LogP) is 1.55. The zero-order valence-electron chi connectivity index (χ0n) is 11.9. The molecule has 0 spiro atoms. The molecule has 1 aliphatic rings. The number of nitrogens with zero attached hydrogens (tertiary/aromatic N) is 5. The maximum atomic E-state index is 12.5. The Bertz CT molecular complexity index is 636. The highest BCUT2D eigenvalue weighted by atomic mass is 32.2. The van der Waals surface area contributed by atoms with Gasteiger partial charge in [0.25, 0.3) is 5.91 Å². The van der Waals surface area contributed by atoms with Crippen molar-refractivity contribution in [2.24, 2.45) is 0 Å². The zero-order valence-corrected chi connectivity index (χ0v) is 12.7. The first-order chi connectivity index (χ1) is 10.3. The Kier molecular flexibility index (Phi) is 4.19. The summed E-state index contributed by atoms with van der Waals surface area (Å²) in [5.74, 6) is 2.81. The van der Waals surface area contributed by atoms with E-state index in [1.54, 1.807) is 4.68 Å². The van der Waals surface area contributed by atoms with E-state index in [1.807, 2.05) is 47.9 Å². The molecule has 0 aliphatic carbocycles. The third kappa shape index (κ3) is 2.92. The van der Waals surface area contributed by atoms with Gasteiger partial charge in [-0.2, -0.15) is 11.8 Å². The Hall–Kier alpha value is -1.89. The second-order valence-corrected chi connectivity index (χ2v) is 6.03. The first-order valence-electron chi connectivity index (χ1n) is 7.03. The molecule has 7 heteroatoms. The van der Waals surface area contributed by atoms with Crippen molar-refractivity contribution in [1.29, 1.82) is 0 Å². The number of aromatic nitrogens is 4. The minimum atomic E-state index is 0.0904. The summed E-state index contributed by atoms with van der Waals surface area (Å²) in [5, 5.41) is 11.7. The van der Waals surface area contributed by atoms with Gasteiger partial charge in [0.1, 0.15) is 0 Å². The molecule has 0 bridgehead atoms. The standard InChI is InChI=1S/C14H17N5OS/c1-2-19-13(15-16-17-19)11-4-3-5-12(10-11)14(20)18-6-8-21-9-7-18/h3-5,10H,2,6-9H2,1H3. The number of benzene rings is 1. The lowest BCUT2D eigenvalue weighted by molar-refractivity contribution is 0.0772. The van der Waals surface area contributed by atoms with Gasteiger partial charge in [0, 0.05) is 42.3 Å². The van der Waals surface area contributed by atoms with E-state index < -0.39 is 0 Å². The summed E-state index contributed by atoms with van der Waals surface area (Å²) in [6.45, 7) is 4.32. The van der Waals surface area contributed by atoms with E-state index in [1.165, 1.54) is 0 Å². The van der Waals surface area contributed by atoms with Gasteiger partial charge in [-0.3, -0.25) is 4.79 Å². The van der Waals surface area contributed by atoms with Crippen LogP contribution in [0.4, 0.5) is 0 Å². The molecule has 1 aromatic carbocycles. The number of hydrogen-bond acceptors (Lipinski definition) is 5. The minimum Gasteiger partial charge on any atom is -0.337 e. The quantitative estimate of drug-likeness (QED) is 0.861. The predicted molar refractivity (Wildman–Crippen MR) is 82.2 cm³/mol. The van der Waals surface area contributed by atoms with Gasteiger partial charge in [-0.05, 0) is 29.5 Å². The number of carbonyl (C=O) groups excluding carboxylic acids is 1. The minimum absolute atomic E-state index is 0.0904. The summed E-state index contributed by atoms with van der Waals surface area (Å²) >= 11 is 1.89. The Balaban J connectivity index is 1.87. The van der Waals surface area contributed by atoms with Crippen molar-refractivity contribution in [3.63, 3.8) is 0 Å². The lowest BCUT2D eigenvalue weighted by Gasteiger charge is -2.26. The van der Waals surface area contributed by atoms with Crippen LogP contribution in [-0.2, 0) is 6.54 Å². The highest BCUT2D eigenvalue weighted by Gasteiger charge is 2.19. The molecule has 0 saturated carbocycles. The van der Waals surface area contributed by atoms with Crippen molar-refractivity contribution in [3.8, 4) is 11.4 Å². The number of amides is 1. The van der Waals surface area contributed by atoms with Gasteiger partial charge in [-0.15, -0.1) is 5.10 Å². The Morgan fingerprint density at radius 2 is 2.14 bits per heavy atom. The fourth-order valence-electron chi connectivity index (χ4n) is 2.36. The second-order valence-electron chi connectivity index (χ2n) is 4.80. The first kappa shape index (κ1) is 14.1. The van der Waals surface area contributed by atoms with Crippen LogP contribution in [0.5, 0.6) is 0 Å². The smallest absolute Gasteiger partial charge is 0.253 e. The maximum Gasteiger partial charge on any atom is 0.253 e. The van der Waals surface area contributed by atoms with E-state index in [0.717, 1.165) is 30.2 Å². The van der Waals surface area contributed by atoms with Crippen LogP contribution in [-0.4, -0.2) is 55.6 Å². The van der Waals surface area contributed by atoms with Crippen LogP contribution >= 0.6 is 11.8 Å². The average Bonchev–Trinajstić information content (AvgIpc) is 3.04. The van der Waals surface area contributed by atoms with E-state index in [0.29, 0.717) is 17.9 Å². The Morgan fingerprint density at radius 3 is 2.90 bits per heavy atom. The van der Waals surface area contributed by atoms with E-state index in [2.05, 4.69) is 15.5 Å². The van der Waals surface area contributed by atoms with Crippen molar-refractivity contribution < 1.29 is 4.79 Å². The third-order valence-electron chi connectivity index (χ3n) is 3.50. The molecular weight excluding hydrogens is 286 g/mol. The van der Waals surface area contributed by atoms with Crippen LogP contribution in [0.15, 0.2) is 24.3 Å². The van der Waals surface area contributed by atoms with Crippen molar-refractivity contribution in [3.05, 3.63) is 29.8 Å². The van der Waals surface area contributed by atoms with Gasteiger partial charge >= 0.3 is 0 Å². The molecule has 21 heavy (non-hydrogen) atoms. The lowest BCUT2D eigenvalue weighted by Crippen LogP contribution is -2.37. The summed E-state index contributed by atoms with van der Waals surface area (Å²) in [4.78, 5) is 14.4. The molecule has 6 nitrogen and oxygen atoms in total. The highest BCUT2D eigenvalue weighted by molar-refractivity contribution is 7.99. The number of rotatable bonds is 3. The molecule has 3 rings (SSSR count). The Labute approximate surface area is 127 Å². The summed E-state index contributed by atoms with van der Waals surface area (Å²) < 4.78 is 1.72. The van der Waals surface area contributed by atoms with Crippen molar-refractivity contribution in [2.45, 2.75) is 13.5 Å². The topological polar surface area (TPSA) is 63.9 Å². The van der Waals surface area contributed by atoms with Crippen molar-refractivity contribution in [1.82, 2.24) is 25.1 Å². The molecule has 1 aliphatic heterocycles. The summed E-state index contributed by atoms with van der Waals surface area (Å²) in [6.07, 6.45) is 0. The van der Waals surface area contributed by atoms with E-state index in [4.69, 9.17) is 0 Å². The molecule has 1 aromatic heterocycles. The van der Waals surface area contributed by atoms with E-state index in [9.17, 15) is 4.79 Å². The second kappa shape index (κ2) is 6.26. The van der Waals surface area contributed by atoms with Gasteiger partial charge < -0.3 is 4.90 Å². The monoisotopic (exact) mass is 303 g/mol. The van der Waals surface area contributed by atoms with Crippen LogP contribution in [0.2, 0.25) is 0 Å². The normalized spacial score (nSPS) is 15.2. The molecule has 0 N–H and O–H groups in total. The van der Waals surface area contributed by atoms with Crippen LogP contribution in [0, 0.1) is 0 Å². The summed E-state index contributed by atoms with van der Waals surface area (Å²) in [5.41, 5.74) is 1.57. The van der Waals surface area contributed by atoms with Crippen LogP contribution in [0.25, 0.3) is 11.4 Å². The molecule has 1 saturated heterocycles. The lowest BCUT2D eigenvalue weighted by atomic mass is 10.1. The number of tetrazole rings is 1. The fraction of sp³-hybridized carbons (Fsp3) is 0.429. The molecule has 0 unspecified atom stereocenters. The highest BCUT2D eigenvalue weighted by Crippen LogP contribution is 2.19. The molecular formula is C14H17N5OS. The molecule has 1 amide bonds. The Morgan fingerprint density at radius 1 is 1.33 bits per heavy atom. The van der Waals surface area contributed by atoms with Crippen LogP contribution in [0.3, 0.4) is 0 Å². The molecule has 2 heterocycles. The molecule has 2 aromatic rings. The molecule has 1 fully saturated rings. The van der Waals surface area contributed by atoms with Crippen LogP contribution in [0.1, 0.15) is 17.3 Å².